The number of halogens is 4. The number of hydrogen-bond donors (Lipinski definition) is 0. The Hall–Kier alpha value is 1.57. The lowest BCUT2D eigenvalue weighted by atomic mass is 10.4. The maximum absolute atomic E-state index is 3.82. The van der Waals surface area contributed by atoms with E-state index in [9.17, 15) is 0 Å². The van der Waals surface area contributed by atoms with Gasteiger partial charge in [-0.3, -0.25) is 0 Å². The van der Waals surface area contributed by atoms with Crippen LogP contribution < -0.4 is 10.4 Å². The Bertz CT molecular complexity index is 313. The van der Waals surface area contributed by atoms with Crippen molar-refractivity contribution < 1.29 is 0 Å². The molecule has 1 rings (SSSR count). The van der Waals surface area contributed by atoms with E-state index in [4.69, 9.17) is 0 Å². The molecule has 0 spiro atoms. The number of hydrogen-bond acceptors (Lipinski definition) is 0. The molecule has 1 aromatic carbocycles. The highest BCUT2D eigenvalue weighted by Crippen LogP contribution is 2.26. The lowest BCUT2D eigenvalue weighted by molar-refractivity contribution is 1.45. The second kappa shape index (κ2) is 6.15. The zero-order valence-corrected chi connectivity index (χ0v) is 17.6. The highest BCUT2D eigenvalue weighted by atomic mass is 79.9. The molecule has 0 nitrogen and oxygen atoms in total. The van der Waals surface area contributed by atoms with Gasteiger partial charge in [0.05, 0.1) is 0 Å². The molecule has 0 aromatic heterocycles. The highest BCUT2D eigenvalue weighted by molar-refractivity contribution is 9.52. The molecule has 0 saturated carbocycles. The van der Waals surface area contributed by atoms with Crippen LogP contribution in [-0.2, 0) is 0 Å². The van der Waals surface area contributed by atoms with Gasteiger partial charge in [0.1, 0.15) is 0 Å². The first kappa shape index (κ1) is 15.6. The summed E-state index contributed by atoms with van der Waals surface area (Å²) in [5, 5.41) is -0.267. The zero-order valence-electron chi connectivity index (χ0n) is 9.24. The molecule has 0 saturated heterocycles. The van der Waals surface area contributed by atoms with E-state index in [1.54, 1.807) is 0 Å². The van der Waals surface area contributed by atoms with Crippen LogP contribution in [0.2, 0.25) is 12.1 Å². The Labute approximate surface area is 131 Å². The highest BCUT2D eigenvalue weighted by Gasteiger charge is 2.29. The summed E-state index contributed by atoms with van der Waals surface area (Å²) in [6, 6.07) is 11.3. The quantitative estimate of drug-likeness (QED) is 0.411. The molecule has 0 radical (unpaired) electrons. The fraction of sp³-hybridized carbons (Fsp3) is 0.400. The van der Waals surface area contributed by atoms with Crippen LogP contribution in [0.5, 0.6) is 0 Å². The van der Waals surface area contributed by atoms with Crippen LogP contribution in [0.15, 0.2) is 24.3 Å². The maximum atomic E-state index is 3.82. The van der Waals surface area contributed by atoms with E-state index in [1.807, 2.05) is 0 Å². The second-order valence-corrected chi connectivity index (χ2v) is 31.7. The summed E-state index contributed by atoms with van der Waals surface area (Å²) in [4.78, 5) is 0. The van der Waals surface area contributed by atoms with Crippen molar-refractivity contribution in [2.75, 3.05) is 0 Å². The summed E-state index contributed by atoms with van der Waals surface area (Å²) in [5.41, 5.74) is 0. The largest absolute Gasteiger partial charge is 0.230 e. The first-order valence-corrected chi connectivity index (χ1v) is 18.6. The molecule has 16 heavy (non-hydrogen) atoms. The van der Waals surface area contributed by atoms with Gasteiger partial charge >= 0.3 is 0 Å². The Morgan fingerprint density at radius 1 is 0.750 bits per heavy atom. The first-order chi connectivity index (χ1) is 7.33. The third kappa shape index (κ3) is 3.78. The minimum atomic E-state index is -1.54. The van der Waals surface area contributed by atoms with Crippen molar-refractivity contribution in [2.24, 2.45) is 0 Å². The van der Waals surface area contributed by atoms with Gasteiger partial charge in [-0.2, -0.15) is 0 Å². The van der Waals surface area contributed by atoms with Gasteiger partial charge in [0, 0.05) is 0 Å². The zero-order chi connectivity index (χ0) is 12.4. The minimum Gasteiger partial charge on any atom is -0.105 e. The lowest BCUT2D eigenvalue weighted by Gasteiger charge is -2.19. The molecule has 90 valence electrons. The topological polar surface area (TPSA) is 0 Å². The van der Waals surface area contributed by atoms with E-state index in [1.165, 1.54) is 10.4 Å². The van der Waals surface area contributed by atoms with Crippen LogP contribution in [0, 0.1) is 0 Å². The molecular weight excluding hydrogens is 496 g/mol. The summed E-state index contributed by atoms with van der Waals surface area (Å²) in [6.45, 7) is 4.42. The van der Waals surface area contributed by atoms with Gasteiger partial charge < -0.3 is 0 Å². The Morgan fingerprint density at radius 3 is 1.19 bits per heavy atom. The molecule has 0 bridgehead atoms. The molecule has 0 atom stereocenters. The van der Waals surface area contributed by atoms with Crippen molar-refractivity contribution in [3.63, 3.8) is 0 Å². The van der Waals surface area contributed by atoms with E-state index >= 15 is 0 Å². The summed E-state index contributed by atoms with van der Waals surface area (Å²) >= 11 is 15.3. The lowest BCUT2D eigenvalue weighted by Crippen LogP contribution is -2.39. The predicted octanol–water partition coefficient (Wildman–Crippen LogP) is 4.60. The smallest absolute Gasteiger partial charge is 0.105 e. The molecule has 0 aliphatic carbocycles. The van der Waals surface area contributed by atoms with E-state index in [0.717, 1.165) is 12.1 Å². The predicted molar refractivity (Wildman–Crippen MR) is 93.9 cm³/mol. The Kier molecular flexibility index (Phi) is 6.00. The summed E-state index contributed by atoms with van der Waals surface area (Å²) in [6.07, 6.45) is 0. The number of rotatable bonds is 4. The third-order valence-electron chi connectivity index (χ3n) is 2.62. The van der Waals surface area contributed by atoms with Gasteiger partial charge in [-0.1, -0.05) is 38.1 Å². The van der Waals surface area contributed by atoms with Crippen molar-refractivity contribution in [1.29, 1.82) is 0 Å². The molecule has 0 aliphatic heterocycles. The van der Waals surface area contributed by atoms with Gasteiger partial charge in [0.15, 0.2) is 0 Å². The van der Waals surface area contributed by atoms with Gasteiger partial charge in [-0.15, -0.1) is 61.2 Å². The summed E-state index contributed by atoms with van der Waals surface area (Å²) in [5.74, 6) is 0. The van der Waals surface area contributed by atoms with Crippen LogP contribution in [0.4, 0.5) is 0 Å². The molecule has 6 heteroatoms. The van der Waals surface area contributed by atoms with E-state index in [-0.39, 0.29) is 0 Å². The Morgan fingerprint density at radius 2 is 1.00 bits per heavy atom. The molecule has 0 aliphatic rings. The van der Waals surface area contributed by atoms with Crippen LogP contribution >= 0.6 is 61.2 Å². The summed E-state index contributed by atoms with van der Waals surface area (Å²) in [7, 11) is 0. The van der Waals surface area contributed by atoms with E-state index in [2.05, 4.69) is 99.3 Å². The SMILES string of the molecule is CC[Si](Br)(Br)c1ccc([Si](Br)(Br)CC)cc1. The fourth-order valence-corrected chi connectivity index (χ4v) is 6.66. The molecule has 0 fully saturated rings. The van der Waals surface area contributed by atoms with Gasteiger partial charge in [0.2, 0.25) is 10.6 Å². The first-order valence-electron chi connectivity index (χ1n) is 5.20. The van der Waals surface area contributed by atoms with Gasteiger partial charge in [0.25, 0.3) is 0 Å². The molecule has 0 N–H and O–H groups in total. The monoisotopic (exact) mass is 506 g/mol. The van der Waals surface area contributed by atoms with Crippen LogP contribution in [0.25, 0.3) is 0 Å². The molecule has 0 heterocycles. The van der Waals surface area contributed by atoms with Crippen molar-refractivity contribution in [1.82, 2.24) is 0 Å². The van der Waals surface area contributed by atoms with Crippen molar-refractivity contribution in [2.45, 2.75) is 25.9 Å². The van der Waals surface area contributed by atoms with E-state index in [0.29, 0.717) is 0 Å². The second-order valence-electron chi connectivity index (χ2n) is 3.69. The average molecular weight is 510 g/mol. The molecule has 0 amide bonds. The summed E-state index contributed by atoms with van der Waals surface area (Å²) < 4.78 is 0. The van der Waals surface area contributed by atoms with Crippen LogP contribution in [0.3, 0.4) is 0 Å². The van der Waals surface area contributed by atoms with Crippen molar-refractivity contribution >= 4 is 82.2 Å². The van der Waals surface area contributed by atoms with Crippen LogP contribution in [0.1, 0.15) is 13.8 Å². The Balaban J connectivity index is 3.00. The maximum Gasteiger partial charge on any atom is 0.230 e. The molecule has 1 aromatic rings. The van der Waals surface area contributed by atoms with Crippen molar-refractivity contribution in [3.8, 4) is 0 Å². The standard InChI is InChI=1S/C10H14Br4Si2/c1-3-15(11,12)9-5-7-10(8-6-9)16(13,14)4-2/h5-8H,3-4H2,1-2H3. The van der Waals surface area contributed by atoms with Crippen LogP contribution in [-0.4, -0.2) is 10.6 Å². The number of benzene rings is 1. The van der Waals surface area contributed by atoms with Crippen molar-refractivity contribution in [3.05, 3.63) is 24.3 Å². The minimum absolute atomic E-state index is 1.14. The average Bonchev–Trinajstić information content (AvgIpc) is 2.29. The molecular formula is C10H14Br4Si2. The van der Waals surface area contributed by atoms with E-state index < -0.39 is 10.6 Å². The fourth-order valence-electron chi connectivity index (χ4n) is 1.37. The molecule has 0 unspecified atom stereocenters. The van der Waals surface area contributed by atoms with Gasteiger partial charge in [-0.05, 0) is 22.5 Å². The van der Waals surface area contributed by atoms with Gasteiger partial charge in [-0.25, -0.2) is 0 Å². The third-order valence-corrected chi connectivity index (χ3v) is 19.0. The normalized spacial score (nSPS) is 12.9.